The van der Waals surface area contributed by atoms with Gasteiger partial charge in [-0.25, -0.2) is 19.6 Å². The van der Waals surface area contributed by atoms with Crippen molar-refractivity contribution in [3.8, 4) is 0 Å². The Hall–Kier alpha value is -3.03. The minimum Gasteiger partial charge on any atom is -0.267 e. The van der Waals surface area contributed by atoms with Crippen molar-refractivity contribution in [3.63, 3.8) is 0 Å². The highest BCUT2D eigenvalue weighted by molar-refractivity contribution is 6.05. The summed E-state index contributed by atoms with van der Waals surface area (Å²) in [5.41, 5.74) is 9.02. The molecule has 25 heavy (non-hydrogen) atoms. The van der Waals surface area contributed by atoms with Gasteiger partial charge in [-0.3, -0.25) is 15.6 Å². The zero-order valence-electron chi connectivity index (χ0n) is 15.0. The zero-order chi connectivity index (χ0) is 18.1. The Kier molecular flexibility index (Phi) is 4.35. The van der Waals surface area contributed by atoms with Crippen LogP contribution in [0.15, 0.2) is 18.3 Å². The van der Waals surface area contributed by atoms with Crippen molar-refractivity contribution in [1.82, 2.24) is 30.2 Å². The fourth-order valence-corrected chi connectivity index (χ4v) is 2.67. The summed E-state index contributed by atoms with van der Waals surface area (Å²) in [4.78, 5) is 25.6. The van der Waals surface area contributed by atoms with Gasteiger partial charge in [0.2, 0.25) is 5.95 Å². The molecule has 0 aliphatic heterocycles. The highest BCUT2D eigenvalue weighted by atomic mass is 16.2. The van der Waals surface area contributed by atoms with Crippen LogP contribution < -0.4 is 10.9 Å². The number of nitrogens with one attached hydrogen (secondary N) is 2. The van der Waals surface area contributed by atoms with Crippen molar-refractivity contribution < 1.29 is 4.79 Å². The molecule has 8 nitrogen and oxygen atoms in total. The van der Waals surface area contributed by atoms with Crippen LogP contribution in [0.25, 0.3) is 11.0 Å². The number of rotatable bonds is 4. The smallest absolute Gasteiger partial charge is 0.267 e. The maximum absolute atomic E-state index is 12.6. The van der Waals surface area contributed by atoms with Crippen LogP contribution >= 0.6 is 0 Å². The molecule has 0 aliphatic carbocycles. The van der Waals surface area contributed by atoms with E-state index in [2.05, 4.69) is 30.9 Å². The van der Waals surface area contributed by atoms with E-state index in [1.54, 1.807) is 16.9 Å². The van der Waals surface area contributed by atoms with Crippen LogP contribution in [-0.4, -0.2) is 30.6 Å². The van der Waals surface area contributed by atoms with Gasteiger partial charge in [-0.2, -0.15) is 5.10 Å². The molecule has 3 rings (SSSR count). The minimum atomic E-state index is -0.290. The zero-order valence-corrected chi connectivity index (χ0v) is 15.0. The topological polar surface area (TPSA) is 97.6 Å². The second-order valence-corrected chi connectivity index (χ2v) is 6.28. The van der Waals surface area contributed by atoms with Gasteiger partial charge in [-0.1, -0.05) is 0 Å². The largest absolute Gasteiger partial charge is 0.270 e. The Balaban J connectivity index is 1.89. The third-order valence-electron chi connectivity index (χ3n) is 3.70. The summed E-state index contributed by atoms with van der Waals surface area (Å²) in [5.74, 6) is 0.0623. The second-order valence-electron chi connectivity index (χ2n) is 6.28. The van der Waals surface area contributed by atoms with E-state index in [0.717, 1.165) is 17.1 Å². The van der Waals surface area contributed by atoms with Gasteiger partial charge >= 0.3 is 0 Å². The number of fused-ring (bicyclic) bond motifs is 1. The molecule has 0 saturated heterocycles. The molecular formula is C17H21N7O. The molecule has 0 aromatic carbocycles. The molecular weight excluding hydrogens is 318 g/mol. The van der Waals surface area contributed by atoms with Gasteiger partial charge in [0.05, 0.1) is 17.1 Å². The van der Waals surface area contributed by atoms with E-state index in [0.29, 0.717) is 22.5 Å². The van der Waals surface area contributed by atoms with Gasteiger partial charge in [0.15, 0.2) is 5.65 Å². The predicted molar refractivity (Wildman–Crippen MR) is 95.2 cm³/mol. The molecule has 0 bridgehead atoms. The third kappa shape index (κ3) is 3.42. The lowest BCUT2D eigenvalue weighted by Crippen LogP contribution is -2.30. The Bertz CT molecular complexity index is 925. The molecule has 2 N–H and O–H groups in total. The Labute approximate surface area is 145 Å². The Morgan fingerprint density at radius 1 is 1.04 bits per heavy atom. The normalized spacial score (nSPS) is 11.1. The molecule has 3 aromatic heterocycles. The average Bonchev–Trinajstić information content (AvgIpc) is 2.94. The van der Waals surface area contributed by atoms with E-state index in [1.807, 2.05) is 40.7 Å². The van der Waals surface area contributed by atoms with Crippen LogP contribution in [0.4, 0.5) is 5.95 Å². The summed E-state index contributed by atoms with van der Waals surface area (Å²) in [5, 5.41) is 5.06. The maximum atomic E-state index is 12.6. The molecule has 1 amide bonds. The molecule has 3 aromatic rings. The average molecular weight is 339 g/mol. The number of hydrazine groups is 1. The van der Waals surface area contributed by atoms with Gasteiger partial charge in [0.1, 0.15) is 0 Å². The lowest BCUT2D eigenvalue weighted by Gasteiger charge is -2.10. The van der Waals surface area contributed by atoms with Crippen molar-refractivity contribution in [2.45, 2.75) is 40.7 Å². The minimum absolute atomic E-state index is 0.157. The number of pyridine rings is 1. The number of nitrogens with zero attached hydrogens (tertiary/aromatic N) is 5. The lowest BCUT2D eigenvalue weighted by molar-refractivity contribution is 0.0963. The van der Waals surface area contributed by atoms with Gasteiger partial charge in [-0.05, 0) is 46.8 Å². The van der Waals surface area contributed by atoms with Crippen LogP contribution in [0, 0.1) is 20.8 Å². The molecule has 0 spiro atoms. The summed E-state index contributed by atoms with van der Waals surface area (Å²) in [6.45, 7) is 9.65. The summed E-state index contributed by atoms with van der Waals surface area (Å²) < 4.78 is 1.81. The van der Waals surface area contributed by atoms with Crippen LogP contribution in [-0.2, 0) is 0 Å². The standard InChI is InChI=1S/C17H21N7O/c1-9(2)24-15-14(8-18-24)13(7-12(5)19-15)16(25)22-23-17-20-10(3)6-11(4)21-17/h6-9H,1-5H3,(H,22,25)(H,20,21,23). The van der Waals surface area contributed by atoms with Gasteiger partial charge in [0, 0.05) is 23.1 Å². The monoisotopic (exact) mass is 339 g/mol. The number of amides is 1. The number of anilines is 1. The second kappa shape index (κ2) is 6.46. The third-order valence-corrected chi connectivity index (χ3v) is 3.70. The molecule has 0 aliphatic rings. The molecule has 0 saturated carbocycles. The number of hydrogen-bond donors (Lipinski definition) is 2. The quantitative estimate of drug-likeness (QED) is 0.709. The van der Waals surface area contributed by atoms with E-state index in [9.17, 15) is 4.79 Å². The number of aromatic nitrogens is 5. The van der Waals surface area contributed by atoms with Gasteiger partial charge in [-0.15, -0.1) is 0 Å². The summed E-state index contributed by atoms with van der Waals surface area (Å²) in [6.07, 6.45) is 1.67. The van der Waals surface area contributed by atoms with E-state index >= 15 is 0 Å². The molecule has 0 radical (unpaired) electrons. The van der Waals surface area contributed by atoms with Crippen molar-refractivity contribution in [2.75, 3.05) is 5.43 Å². The van der Waals surface area contributed by atoms with Crippen molar-refractivity contribution in [1.29, 1.82) is 0 Å². The fourth-order valence-electron chi connectivity index (χ4n) is 2.67. The van der Waals surface area contributed by atoms with Crippen molar-refractivity contribution in [2.24, 2.45) is 0 Å². The van der Waals surface area contributed by atoms with Gasteiger partial charge < -0.3 is 0 Å². The van der Waals surface area contributed by atoms with E-state index in [-0.39, 0.29) is 11.9 Å². The summed E-state index contributed by atoms with van der Waals surface area (Å²) >= 11 is 0. The molecule has 0 fully saturated rings. The van der Waals surface area contributed by atoms with E-state index in [4.69, 9.17) is 0 Å². The number of aryl methyl sites for hydroxylation is 3. The Morgan fingerprint density at radius 2 is 1.68 bits per heavy atom. The number of hydrogen-bond acceptors (Lipinski definition) is 6. The lowest BCUT2D eigenvalue weighted by atomic mass is 10.1. The van der Waals surface area contributed by atoms with Crippen LogP contribution in [0.1, 0.15) is 47.3 Å². The molecule has 0 atom stereocenters. The maximum Gasteiger partial charge on any atom is 0.270 e. The number of carbonyl (C=O) groups is 1. The Morgan fingerprint density at radius 3 is 2.32 bits per heavy atom. The highest BCUT2D eigenvalue weighted by Crippen LogP contribution is 2.21. The molecule has 130 valence electrons. The SMILES string of the molecule is Cc1cc(C)nc(NNC(=O)c2cc(C)nc3c2cnn3C(C)C)n1. The molecule has 0 unspecified atom stereocenters. The first-order valence-electron chi connectivity index (χ1n) is 8.08. The molecule has 3 heterocycles. The predicted octanol–water partition coefficient (Wildman–Crippen LogP) is 2.48. The van der Waals surface area contributed by atoms with Crippen molar-refractivity contribution in [3.05, 3.63) is 41.0 Å². The highest BCUT2D eigenvalue weighted by Gasteiger charge is 2.17. The van der Waals surface area contributed by atoms with E-state index in [1.165, 1.54) is 0 Å². The summed E-state index contributed by atoms with van der Waals surface area (Å²) in [6, 6.07) is 3.77. The summed E-state index contributed by atoms with van der Waals surface area (Å²) in [7, 11) is 0. The van der Waals surface area contributed by atoms with Crippen LogP contribution in [0.3, 0.4) is 0 Å². The van der Waals surface area contributed by atoms with Gasteiger partial charge in [0.25, 0.3) is 5.91 Å². The van der Waals surface area contributed by atoms with Crippen molar-refractivity contribution >= 4 is 22.9 Å². The first-order chi connectivity index (χ1) is 11.8. The van der Waals surface area contributed by atoms with Crippen LogP contribution in [0.2, 0.25) is 0 Å². The fraction of sp³-hybridized carbons (Fsp3) is 0.353. The first-order valence-corrected chi connectivity index (χ1v) is 8.08. The van der Waals surface area contributed by atoms with E-state index < -0.39 is 0 Å². The number of carbonyl (C=O) groups excluding carboxylic acids is 1. The first kappa shape index (κ1) is 16.8. The van der Waals surface area contributed by atoms with Crippen LogP contribution in [0.5, 0.6) is 0 Å². The molecule has 8 heteroatoms.